The Balaban J connectivity index is 1.64. The number of rotatable bonds is 8. The Morgan fingerprint density at radius 2 is 1.77 bits per heavy atom. The average Bonchev–Trinajstić information content (AvgIpc) is 3.24. The second-order valence-corrected chi connectivity index (χ2v) is 7.11. The van der Waals surface area contributed by atoms with E-state index in [9.17, 15) is 9.59 Å². The minimum atomic E-state index is -0.777. The molecule has 0 saturated carbocycles. The maximum Gasteiger partial charge on any atom is 0.262 e. The van der Waals surface area contributed by atoms with E-state index in [1.165, 1.54) is 13.3 Å². The summed E-state index contributed by atoms with van der Waals surface area (Å²) in [7, 11) is 3.09. The van der Waals surface area contributed by atoms with Crippen molar-refractivity contribution in [1.29, 1.82) is 0 Å². The van der Waals surface area contributed by atoms with E-state index in [0.717, 1.165) is 0 Å². The van der Waals surface area contributed by atoms with E-state index in [-0.39, 0.29) is 12.7 Å². The Hall–Kier alpha value is -3.75. The van der Waals surface area contributed by atoms with Crippen molar-refractivity contribution in [3.8, 4) is 23.0 Å². The normalized spacial score (nSPS) is 13.2. The summed E-state index contributed by atoms with van der Waals surface area (Å²) in [5.74, 6) is 1.24. The lowest BCUT2D eigenvalue weighted by molar-refractivity contribution is -0.123. The SMILES string of the molecule is COc1ccc(/C=N\NC(=O)[C@H](NC(=O)c2ccc3c(c2)OCO3)C(C)C)cc1OC. The van der Waals surface area contributed by atoms with Crippen molar-refractivity contribution in [3.63, 3.8) is 0 Å². The Morgan fingerprint density at radius 1 is 1.03 bits per heavy atom. The lowest BCUT2D eigenvalue weighted by Gasteiger charge is -2.20. The summed E-state index contributed by atoms with van der Waals surface area (Å²) in [6.45, 7) is 3.79. The first-order chi connectivity index (χ1) is 14.9. The van der Waals surface area contributed by atoms with Crippen molar-refractivity contribution in [2.24, 2.45) is 11.0 Å². The van der Waals surface area contributed by atoms with E-state index in [1.807, 2.05) is 13.8 Å². The molecule has 2 aromatic carbocycles. The van der Waals surface area contributed by atoms with Gasteiger partial charge in [-0.15, -0.1) is 0 Å². The summed E-state index contributed by atoms with van der Waals surface area (Å²) in [5.41, 5.74) is 3.56. The third-order valence-corrected chi connectivity index (χ3v) is 4.67. The van der Waals surface area contributed by atoms with E-state index >= 15 is 0 Å². The van der Waals surface area contributed by atoms with Crippen LogP contribution in [-0.4, -0.2) is 45.1 Å². The van der Waals surface area contributed by atoms with Crippen molar-refractivity contribution in [2.45, 2.75) is 19.9 Å². The molecule has 2 aromatic rings. The highest BCUT2D eigenvalue weighted by molar-refractivity contribution is 5.98. The van der Waals surface area contributed by atoms with Gasteiger partial charge in [-0.2, -0.15) is 5.10 Å². The minimum absolute atomic E-state index is 0.121. The van der Waals surface area contributed by atoms with E-state index in [4.69, 9.17) is 18.9 Å². The molecule has 2 N–H and O–H groups in total. The molecule has 1 aliphatic heterocycles. The molecule has 0 radical (unpaired) electrons. The van der Waals surface area contributed by atoms with Crippen LogP contribution in [0.4, 0.5) is 0 Å². The molecule has 1 aliphatic rings. The summed E-state index contributed by atoms with van der Waals surface area (Å²) in [6, 6.07) is 9.34. The van der Waals surface area contributed by atoms with E-state index in [0.29, 0.717) is 34.1 Å². The molecule has 0 spiro atoms. The third kappa shape index (κ3) is 5.25. The number of hydrogen-bond donors (Lipinski definition) is 2. The number of hydrogen-bond acceptors (Lipinski definition) is 7. The minimum Gasteiger partial charge on any atom is -0.493 e. The molecule has 0 unspecified atom stereocenters. The maximum atomic E-state index is 12.6. The zero-order valence-electron chi connectivity index (χ0n) is 17.8. The van der Waals surface area contributed by atoms with Crippen LogP contribution in [0.25, 0.3) is 0 Å². The number of amides is 2. The van der Waals surface area contributed by atoms with E-state index < -0.39 is 17.9 Å². The van der Waals surface area contributed by atoms with E-state index in [1.54, 1.807) is 43.5 Å². The highest BCUT2D eigenvalue weighted by Crippen LogP contribution is 2.32. The Kier molecular flexibility index (Phi) is 6.96. The van der Waals surface area contributed by atoms with Gasteiger partial charge in [-0.1, -0.05) is 13.8 Å². The smallest absolute Gasteiger partial charge is 0.262 e. The summed E-state index contributed by atoms with van der Waals surface area (Å²) in [5, 5.41) is 6.74. The van der Waals surface area contributed by atoms with Gasteiger partial charge in [0.2, 0.25) is 6.79 Å². The summed E-state index contributed by atoms with van der Waals surface area (Å²) < 4.78 is 21.0. The zero-order chi connectivity index (χ0) is 22.4. The highest BCUT2D eigenvalue weighted by Gasteiger charge is 2.25. The number of fused-ring (bicyclic) bond motifs is 1. The van der Waals surface area contributed by atoms with Crippen molar-refractivity contribution < 1.29 is 28.5 Å². The topological polar surface area (TPSA) is 107 Å². The molecule has 9 heteroatoms. The number of benzene rings is 2. The average molecular weight is 427 g/mol. The van der Waals surface area contributed by atoms with Crippen LogP contribution in [0.1, 0.15) is 29.8 Å². The molecular formula is C22H25N3O6. The van der Waals surface area contributed by atoms with Crippen LogP contribution in [0.5, 0.6) is 23.0 Å². The zero-order valence-corrected chi connectivity index (χ0v) is 17.8. The number of carbonyl (C=O) groups excluding carboxylic acids is 2. The Bertz CT molecular complexity index is 989. The molecule has 1 atom stereocenters. The van der Waals surface area contributed by atoms with Crippen LogP contribution in [0.2, 0.25) is 0 Å². The second-order valence-electron chi connectivity index (χ2n) is 7.11. The lowest BCUT2D eigenvalue weighted by Crippen LogP contribution is -2.48. The first-order valence-corrected chi connectivity index (χ1v) is 9.68. The van der Waals surface area contributed by atoms with Crippen LogP contribution in [0.15, 0.2) is 41.5 Å². The van der Waals surface area contributed by atoms with Gasteiger partial charge < -0.3 is 24.3 Å². The fraction of sp³-hybridized carbons (Fsp3) is 0.318. The first kappa shape index (κ1) is 21.9. The van der Waals surface area contributed by atoms with Crippen LogP contribution in [-0.2, 0) is 4.79 Å². The van der Waals surface area contributed by atoms with Crippen molar-refractivity contribution in [2.75, 3.05) is 21.0 Å². The monoisotopic (exact) mass is 427 g/mol. The van der Waals surface area contributed by atoms with Gasteiger partial charge in [0.25, 0.3) is 11.8 Å². The van der Waals surface area contributed by atoms with Crippen LogP contribution < -0.4 is 29.7 Å². The molecule has 9 nitrogen and oxygen atoms in total. The highest BCUT2D eigenvalue weighted by atomic mass is 16.7. The van der Waals surface area contributed by atoms with Gasteiger partial charge in [-0.3, -0.25) is 9.59 Å². The number of carbonyl (C=O) groups is 2. The summed E-state index contributed by atoms with van der Waals surface area (Å²) in [6.07, 6.45) is 1.48. The van der Waals surface area contributed by atoms with Gasteiger partial charge in [0.05, 0.1) is 20.4 Å². The van der Waals surface area contributed by atoms with Crippen molar-refractivity contribution in [3.05, 3.63) is 47.5 Å². The van der Waals surface area contributed by atoms with Gasteiger partial charge in [0.15, 0.2) is 23.0 Å². The molecule has 31 heavy (non-hydrogen) atoms. The van der Waals surface area contributed by atoms with E-state index in [2.05, 4.69) is 15.8 Å². The van der Waals surface area contributed by atoms with Gasteiger partial charge in [-0.05, 0) is 47.9 Å². The fourth-order valence-electron chi connectivity index (χ4n) is 2.97. The standard InChI is InChI=1S/C22H25N3O6/c1-13(2)20(24-21(26)15-6-8-17-19(10-15)31-12-30-17)22(27)25-23-11-14-5-7-16(28-3)18(9-14)29-4/h5-11,13,20H,12H2,1-4H3,(H,24,26)(H,25,27)/b23-11-/t20-/m1/s1. The predicted octanol–water partition coefficient (Wildman–Crippen LogP) is 2.34. The largest absolute Gasteiger partial charge is 0.493 e. The van der Waals surface area contributed by atoms with Crippen LogP contribution in [0, 0.1) is 5.92 Å². The van der Waals surface area contributed by atoms with Gasteiger partial charge in [0, 0.05) is 5.56 Å². The number of ether oxygens (including phenoxy) is 4. The quantitative estimate of drug-likeness (QED) is 0.495. The molecule has 0 fully saturated rings. The lowest BCUT2D eigenvalue weighted by atomic mass is 10.0. The molecule has 1 heterocycles. The molecule has 164 valence electrons. The van der Waals surface area contributed by atoms with Crippen LogP contribution >= 0.6 is 0 Å². The predicted molar refractivity (Wildman–Crippen MR) is 114 cm³/mol. The van der Waals surface area contributed by atoms with Gasteiger partial charge >= 0.3 is 0 Å². The molecule has 2 amide bonds. The van der Waals surface area contributed by atoms with Gasteiger partial charge in [-0.25, -0.2) is 5.43 Å². The number of methoxy groups -OCH3 is 2. The van der Waals surface area contributed by atoms with Crippen LogP contribution in [0.3, 0.4) is 0 Å². The number of nitrogens with zero attached hydrogens (tertiary/aromatic N) is 1. The fourth-order valence-corrected chi connectivity index (χ4v) is 2.97. The van der Waals surface area contributed by atoms with Gasteiger partial charge in [0.1, 0.15) is 6.04 Å². The number of nitrogens with one attached hydrogen (secondary N) is 2. The maximum absolute atomic E-state index is 12.6. The molecular weight excluding hydrogens is 402 g/mol. The summed E-state index contributed by atoms with van der Waals surface area (Å²) >= 11 is 0. The van der Waals surface area contributed by atoms with Crippen molar-refractivity contribution in [1.82, 2.24) is 10.7 Å². The Labute approximate surface area is 180 Å². The molecule has 0 bridgehead atoms. The molecule has 0 aliphatic carbocycles. The third-order valence-electron chi connectivity index (χ3n) is 4.67. The molecule has 0 saturated heterocycles. The number of hydrazone groups is 1. The summed E-state index contributed by atoms with van der Waals surface area (Å²) in [4.78, 5) is 25.3. The molecule has 3 rings (SSSR count). The first-order valence-electron chi connectivity index (χ1n) is 9.68. The van der Waals surface area contributed by atoms with Crippen molar-refractivity contribution >= 4 is 18.0 Å². The molecule has 0 aromatic heterocycles. The second kappa shape index (κ2) is 9.84. The Morgan fingerprint density at radius 3 is 2.48 bits per heavy atom.